The van der Waals surface area contributed by atoms with E-state index in [1.54, 1.807) is 13.8 Å². The van der Waals surface area contributed by atoms with Crippen LogP contribution in [0.3, 0.4) is 0 Å². The van der Waals surface area contributed by atoms with Crippen LogP contribution in [0.5, 0.6) is 5.75 Å². The number of amides is 4. The van der Waals surface area contributed by atoms with Gasteiger partial charge >= 0.3 is 5.97 Å². The molecule has 0 heterocycles. The molecule has 1 rings (SSSR count). The number of carboxylic acid groups (broad SMARTS) is 1. The second-order valence-corrected chi connectivity index (χ2v) is 8.36. The highest BCUT2D eigenvalue weighted by Crippen LogP contribution is 2.12. The smallest absolute Gasteiger partial charge is 0.326 e. The molecule has 13 heteroatoms. The summed E-state index contributed by atoms with van der Waals surface area (Å²) in [6.45, 7) is 2.57. The van der Waals surface area contributed by atoms with Crippen LogP contribution in [0.2, 0.25) is 0 Å². The minimum atomic E-state index is -1.32. The second kappa shape index (κ2) is 13.9. The number of phenolic OH excluding ortho intramolecular Hbond substituents is 1. The lowest BCUT2D eigenvalue weighted by Crippen LogP contribution is -2.59. The molecular weight excluding hydrogens is 462 g/mol. The zero-order valence-corrected chi connectivity index (χ0v) is 19.6. The molecule has 0 spiro atoms. The molecule has 1 aromatic carbocycles. The zero-order chi connectivity index (χ0) is 26.7. The quantitative estimate of drug-likeness (QED) is 0.138. The summed E-state index contributed by atoms with van der Waals surface area (Å²) in [4.78, 5) is 60.7. The number of primary amides is 1. The third-order valence-electron chi connectivity index (χ3n) is 5.08. The Morgan fingerprint density at radius 1 is 0.914 bits per heavy atom. The molecule has 4 amide bonds. The highest BCUT2D eigenvalue weighted by molar-refractivity contribution is 5.94. The van der Waals surface area contributed by atoms with E-state index in [2.05, 4.69) is 16.0 Å². The van der Waals surface area contributed by atoms with Gasteiger partial charge in [-0.3, -0.25) is 19.2 Å². The summed E-state index contributed by atoms with van der Waals surface area (Å²) >= 11 is 0. The van der Waals surface area contributed by atoms with Gasteiger partial charge in [0.05, 0.1) is 6.61 Å². The molecule has 0 fully saturated rings. The molecule has 0 bridgehead atoms. The van der Waals surface area contributed by atoms with E-state index in [1.807, 2.05) is 0 Å². The van der Waals surface area contributed by atoms with Crippen molar-refractivity contribution in [2.75, 3.05) is 6.61 Å². The molecule has 0 saturated carbocycles. The number of rotatable bonds is 14. The topological polar surface area (TPSA) is 234 Å². The van der Waals surface area contributed by atoms with Crippen LogP contribution in [-0.2, 0) is 30.4 Å². The Kier molecular flexibility index (Phi) is 11.6. The number of nitrogens with one attached hydrogen (secondary N) is 3. The number of aliphatic hydroxyl groups excluding tert-OH is 1. The van der Waals surface area contributed by atoms with Crippen molar-refractivity contribution in [2.45, 2.75) is 57.3 Å². The molecule has 0 aliphatic rings. The standard InChI is InChI=1S/C22H33N5O8/c1-11(2)18(21(33)26-16(22(34)35)9-12-3-5-13(29)6-4-12)27-20(32)15(7-8-17(24)30)25-19(31)14(23)10-28/h3-6,11,14-16,18,28-29H,7-10,23H2,1-2H3,(H2,24,30)(H,25,31)(H,26,33)(H,27,32)(H,34,35). The molecule has 10 N–H and O–H groups in total. The van der Waals surface area contributed by atoms with E-state index in [0.29, 0.717) is 5.56 Å². The summed E-state index contributed by atoms with van der Waals surface area (Å²) in [5.41, 5.74) is 11.1. The Hall–Kier alpha value is -3.71. The first-order valence-electron chi connectivity index (χ1n) is 10.9. The van der Waals surface area contributed by atoms with Crippen LogP contribution < -0.4 is 27.4 Å². The molecule has 0 radical (unpaired) electrons. The number of aliphatic carboxylic acids is 1. The van der Waals surface area contributed by atoms with Crippen molar-refractivity contribution < 1.29 is 39.3 Å². The lowest BCUT2D eigenvalue weighted by Gasteiger charge is -2.27. The summed E-state index contributed by atoms with van der Waals surface area (Å²) in [6, 6.07) is 0.715. The molecule has 0 saturated heterocycles. The normalized spacial score (nSPS) is 14.3. The first-order chi connectivity index (χ1) is 16.3. The fourth-order valence-electron chi connectivity index (χ4n) is 3.04. The van der Waals surface area contributed by atoms with Crippen molar-refractivity contribution in [1.82, 2.24) is 16.0 Å². The maximum absolute atomic E-state index is 12.9. The van der Waals surface area contributed by atoms with Gasteiger partial charge in [0.25, 0.3) is 0 Å². The van der Waals surface area contributed by atoms with Crippen molar-refractivity contribution in [3.8, 4) is 5.75 Å². The third kappa shape index (κ3) is 9.98. The third-order valence-corrected chi connectivity index (χ3v) is 5.08. The monoisotopic (exact) mass is 495 g/mol. The summed E-state index contributed by atoms with van der Waals surface area (Å²) in [5.74, 6) is -4.93. The predicted octanol–water partition coefficient (Wildman–Crippen LogP) is -2.29. The van der Waals surface area contributed by atoms with Crippen LogP contribution in [0, 0.1) is 5.92 Å². The minimum Gasteiger partial charge on any atom is -0.508 e. The number of phenols is 1. The Morgan fingerprint density at radius 3 is 1.97 bits per heavy atom. The Morgan fingerprint density at radius 2 is 1.49 bits per heavy atom. The van der Waals surface area contributed by atoms with Crippen molar-refractivity contribution in [3.05, 3.63) is 29.8 Å². The van der Waals surface area contributed by atoms with Crippen molar-refractivity contribution in [3.63, 3.8) is 0 Å². The molecule has 194 valence electrons. The van der Waals surface area contributed by atoms with Gasteiger partial charge in [0.1, 0.15) is 29.9 Å². The molecule has 4 atom stereocenters. The van der Waals surface area contributed by atoms with Crippen molar-refractivity contribution >= 4 is 29.6 Å². The molecule has 35 heavy (non-hydrogen) atoms. The van der Waals surface area contributed by atoms with Crippen LogP contribution in [0.25, 0.3) is 0 Å². The van der Waals surface area contributed by atoms with E-state index in [0.717, 1.165) is 0 Å². The Labute approximate surface area is 202 Å². The van der Waals surface area contributed by atoms with Gasteiger partial charge in [0.2, 0.25) is 23.6 Å². The number of hydrogen-bond donors (Lipinski definition) is 8. The van der Waals surface area contributed by atoms with Gasteiger partial charge in [-0.25, -0.2) is 4.79 Å². The SMILES string of the molecule is CC(C)C(NC(=O)C(CCC(N)=O)NC(=O)C(N)CO)C(=O)NC(Cc1ccc(O)cc1)C(=O)O. The number of carbonyl (C=O) groups is 5. The Balaban J connectivity index is 2.98. The van der Waals surface area contributed by atoms with E-state index >= 15 is 0 Å². The maximum atomic E-state index is 12.9. The largest absolute Gasteiger partial charge is 0.508 e. The second-order valence-electron chi connectivity index (χ2n) is 8.36. The van der Waals surface area contributed by atoms with Gasteiger partial charge in [0.15, 0.2) is 0 Å². The number of carbonyl (C=O) groups excluding carboxylic acids is 4. The highest BCUT2D eigenvalue weighted by atomic mass is 16.4. The summed E-state index contributed by atoms with van der Waals surface area (Å²) in [6.07, 6.45) is -0.508. The number of benzene rings is 1. The highest BCUT2D eigenvalue weighted by Gasteiger charge is 2.32. The van der Waals surface area contributed by atoms with Crippen LogP contribution in [0.1, 0.15) is 32.3 Å². The summed E-state index contributed by atoms with van der Waals surface area (Å²) < 4.78 is 0. The average Bonchev–Trinajstić information content (AvgIpc) is 2.79. The van der Waals surface area contributed by atoms with Gasteiger partial charge in [-0.05, 0) is 30.0 Å². The summed E-state index contributed by atoms with van der Waals surface area (Å²) in [7, 11) is 0. The Bertz CT molecular complexity index is 906. The number of aliphatic hydroxyl groups is 1. The van der Waals surface area contributed by atoms with Crippen LogP contribution >= 0.6 is 0 Å². The van der Waals surface area contributed by atoms with Gasteiger partial charge in [-0.2, -0.15) is 0 Å². The van der Waals surface area contributed by atoms with Crippen molar-refractivity contribution in [1.29, 1.82) is 0 Å². The van der Waals surface area contributed by atoms with E-state index in [9.17, 15) is 34.2 Å². The number of hydrogen-bond acceptors (Lipinski definition) is 8. The van der Waals surface area contributed by atoms with Gasteiger partial charge in [-0.1, -0.05) is 26.0 Å². The minimum absolute atomic E-state index is 0.00479. The fraction of sp³-hybridized carbons (Fsp3) is 0.500. The van der Waals surface area contributed by atoms with E-state index in [1.165, 1.54) is 24.3 Å². The predicted molar refractivity (Wildman–Crippen MR) is 124 cm³/mol. The molecule has 13 nitrogen and oxygen atoms in total. The molecule has 0 aliphatic carbocycles. The molecule has 1 aromatic rings. The van der Waals surface area contributed by atoms with Gasteiger partial charge in [-0.15, -0.1) is 0 Å². The lowest BCUT2D eigenvalue weighted by atomic mass is 10.00. The number of aromatic hydroxyl groups is 1. The maximum Gasteiger partial charge on any atom is 0.326 e. The average molecular weight is 496 g/mol. The van der Waals surface area contributed by atoms with Crippen LogP contribution in [0.4, 0.5) is 0 Å². The number of nitrogens with two attached hydrogens (primary N) is 2. The fourth-order valence-corrected chi connectivity index (χ4v) is 3.04. The molecule has 0 aliphatic heterocycles. The lowest BCUT2D eigenvalue weighted by molar-refractivity contribution is -0.142. The van der Waals surface area contributed by atoms with Gasteiger partial charge in [0, 0.05) is 12.8 Å². The van der Waals surface area contributed by atoms with E-state index in [4.69, 9.17) is 16.6 Å². The van der Waals surface area contributed by atoms with E-state index < -0.39 is 66.3 Å². The van der Waals surface area contributed by atoms with E-state index in [-0.39, 0.29) is 25.0 Å². The van der Waals surface area contributed by atoms with Gasteiger partial charge < -0.3 is 42.7 Å². The molecule has 4 unspecified atom stereocenters. The van der Waals surface area contributed by atoms with Crippen molar-refractivity contribution in [2.24, 2.45) is 17.4 Å². The first-order valence-corrected chi connectivity index (χ1v) is 10.9. The number of carboxylic acids is 1. The first kappa shape index (κ1) is 29.3. The molecular formula is C22H33N5O8. The summed E-state index contributed by atoms with van der Waals surface area (Å²) in [5, 5.41) is 35.1. The van der Waals surface area contributed by atoms with Crippen LogP contribution in [-0.4, -0.2) is 75.7 Å². The molecule has 0 aromatic heterocycles. The van der Waals surface area contributed by atoms with Crippen LogP contribution in [0.15, 0.2) is 24.3 Å². The zero-order valence-electron chi connectivity index (χ0n) is 19.6.